The number of aromatic nitrogens is 3. The molecule has 0 bridgehead atoms. The Morgan fingerprint density at radius 1 is 0.609 bits per heavy atom. The minimum Gasteiger partial charge on any atom is -0.507 e. The third-order valence-electron chi connectivity index (χ3n) is 10.6. The van der Waals surface area contributed by atoms with Crippen LogP contribution in [0.3, 0.4) is 0 Å². The first-order valence-corrected chi connectivity index (χ1v) is 16.8. The number of phenols is 1. The zero-order valence-corrected chi connectivity index (χ0v) is 31.5. The van der Waals surface area contributed by atoms with Gasteiger partial charge < -0.3 is 19.3 Å². The van der Waals surface area contributed by atoms with Crippen molar-refractivity contribution in [2.24, 2.45) is 0 Å². The maximum absolute atomic E-state index is 11.3. The molecule has 0 spiro atoms. The third-order valence-corrected chi connectivity index (χ3v) is 10.6. The predicted octanol–water partition coefficient (Wildman–Crippen LogP) is 8.02. The minimum atomic E-state index is -0.313. The second-order valence-electron chi connectivity index (χ2n) is 18.3. The topological polar surface area (TPSA) is 93.1 Å². The lowest BCUT2D eigenvalue weighted by atomic mass is 9.79. The lowest BCUT2D eigenvalue weighted by molar-refractivity contribution is -0.0610. The molecule has 1 aromatic carbocycles. The monoisotopic (exact) mass is 639 g/mol. The van der Waals surface area contributed by atoms with Crippen molar-refractivity contribution in [2.45, 2.75) is 168 Å². The van der Waals surface area contributed by atoms with Gasteiger partial charge in [-0.05, 0) is 92.4 Å². The predicted molar refractivity (Wildman–Crippen MR) is 185 cm³/mol. The number of phenolic OH excluding ortho intramolecular Hbond substituents is 1. The van der Waals surface area contributed by atoms with Crippen LogP contribution in [0.5, 0.6) is 29.5 Å². The van der Waals surface area contributed by atoms with Gasteiger partial charge in [0.05, 0.1) is 0 Å². The summed E-state index contributed by atoms with van der Waals surface area (Å²) in [5, 5.41) is 11.3. The van der Waals surface area contributed by atoms with Gasteiger partial charge in [-0.1, -0.05) is 41.5 Å². The zero-order valence-electron chi connectivity index (χ0n) is 31.5. The van der Waals surface area contributed by atoms with E-state index < -0.39 is 0 Å². The van der Waals surface area contributed by atoms with Gasteiger partial charge in [0.2, 0.25) is 0 Å². The van der Waals surface area contributed by atoms with Gasteiger partial charge in [-0.25, -0.2) is 0 Å². The summed E-state index contributed by atoms with van der Waals surface area (Å²) in [6.07, 6.45) is 3.10. The van der Waals surface area contributed by atoms with Gasteiger partial charge >= 0.3 is 18.0 Å². The van der Waals surface area contributed by atoms with Crippen LogP contribution in [-0.4, -0.2) is 78.3 Å². The summed E-state index contributed by atoms with van der Waals surface area (Å²) in [7, 11) is 4.36. The summed E-state index contributed by atoms with van der Waals surface area (Å²) in [4.78, 5) is 18.9. The van der Waals surface area contributed by atoms with Crippen molar-refractivity contribution < 1.29 is 19.3 Å². The summed E-state index contributed by atoms with van der Waals surface area (Å²) in [6.45, 7) is 30.4. The maximum atomic E-state index is 11.3. The highest BCUT2D eigenvalue weighted by Gasteiger charge is 2.46. The lowest BCUT2D eigenvalue weighted by Gasteiger charge is -2.53. The fraction of sp³-hybridized carbons (Fsp3) is 0.757. The quantitative estimate of drug-likeness (QED) is 0.337. The number of aromatic hydroxyl groups is 1. The van der Waals surface area contributed by atoms with Crippen LogP contribution in [0.15, 0.2) is 12.1 Å². The molecule has 46 heavy (non-hydrogen) atoms. The van der Waals surface area contributed by atoms with Gasteiger partial charge in [-0.15, -0.1) is 15.0 Å². The number of rotatable bonds is 6. The number of benzene rings is 1. The number of ether oxygens (including phenoxy) is 3. The SMILES string of the molecule is CN1C(C)(C)CC(Oc2nc(Oc3cc(C(C)(C)C)c(O)c(C(C)(C)C)c3)nc(OC3CC(C)(C)N(C)C(C)(C)C3)n2)CC1(C)C. The Bertz CT molecular complexity index is 1290. The third kappa shape index (κ3) is 7.73. The normalized spacial score (nSPS) is 22.4. The number of nitrogens with zero attached hydrogens (tertiary/aromatic N) is 5. The average Bonchev–Trinajstić information content (AvgIpc) is 2.84. The van der Waals surface area contributed by atoms with E-state index in [9.17, 15) is 5.11 Å². The van der Waals surface area contributed by atoms with Crippen LogP contribution in [0.25, 0.3) is 0 Å². The van der Waals surface area contributed by atoms with Crippen LogP contribution in [-0.2, 0) is 10.8 Å². The molecule has 3 heterocycles. The Balaban J connectivity index is 1.75. The molecule has 0 saturated carbocycles. The van der Waals surface area contributed by atoms with E-state index in [-0.39, 0.29) is 69.0 Å². The molecular formula is C37H61N5O4. The van der Waals surface area contributed by atoms with Crippen molar-refractivity contribution in [3.8, 4) is 29.5 Å². The van der Waals surface area contributed by atoms with Gasteiger partial charge in [-0.2, -0.15) is 0 Å². The smallest absolute Gasteiger partial charge is 0.331 e. The highest BCUT2D eigenvalue weighted by molar-refractivity contribution is 5.52. The molecule has 2 fully saturated rings. The molecule has 0 unspecified atom stereocenters. The lowest BCUT2D eigenvalue weighted by Crippen LogP contribution is -2.60. The van der Waals surface area contributed by atoms with Gasteiger partial charge in [0.1, 0.15) is 23.7 Å². The molecule has 0 radical (unpaired) electrons. The first-order chi connectivity index (χ1) is 20.7. The molecule has 4 rings (SSSR count). The van der Waals surface area contributed by atoms with Gasteiger partial charge in [0, 0.05) is 59.0 Å². The largest absolute Gasteiger partial charge is 0.507 e. The number of hydrogen-bond acceptors (Lipinski definition) is 9. The molecule has 258 valence electrons. The van der Waals surface area contributed by atoms with E-state index in [1.165, 1.54) is 0 Å². The standard InChI is InChI=1S/C37H61N5O4/c1-32(2,3)26-17-23(18-27(28(26)43)33(4,5)6)44-29-38-30(45-24-19-34(7,8)41(15)35(9,10)20-24)40-31(39-29)46-25-21-36(11,12)42(16)37(13,14)22-25/h17-18,24-25,43H,19-22H2,1-16H3. The van der Waals surface area contributed by atoms with Gasteiger partial charge in [0.25, 0.3) is 0 Å². The molecule has 0 amide bonds. The summed E-state index contributed by atoms with van der Waals surface area (Å²) in [6, 6.07) is 4.24. The van der Waals surface area contributed by atoms with Crippen molar-refractivity contribution in [3.63, 3.8) is 0 Å². The Labute approximate surface area is 278 Å². The molecular weight excluding hydrogens is 578 g/mol. The van der Waals surface area contributed by atoms with Crippen molar-refractivity contribution in [1.29, 1.82) is 0 Å². The van der Waals surface area contributed by atoms with Crippen LogP contribution in [0.4, 0.5) is 0 Å². The van der Waals surface area contributed by atoms with Crippen LogP contribution in [0.2, 0.25) is 0 Å². The zero-order chi connectivity index (χ0) is 34.8. The molecule has 2 aliphatic rings. The Morgan fingerprint density at radius 3 is 1.22 bits per heavy atom. The highest BCUT2D eigenvalue weighted by atomic mass is 16.5. The molecule has 1 N–H and O–H groups in total. The first-order valence-electron chi connectivity index (χ1n) is 16.8. The number of hydrogen-bond donors (Lipinski definition) is 1. The van der Waals surface area contributed by atoms with E-state index in [4.69, 9.17) is 19.2 Å². The van der Waals surface area contributed by atoms with E-state index in [1.807, 2.05) is 12.1 Å². The van der Waals surface area contributed by atoms with Crippen molar-refractivity contribution in [2.75, 3.05) is 14.1 Å². The van der Waals surface area contributed by atoms with E-state index in [0.717, 1.165) is 36.8 Å². The maximum Gasteiger partial charge on any atom is 0.331 e. The highest BCUT2D eigenvalue weighted by Crippen LogP contribution is 2.43. The Kier molecular flexibility index (Phi) is 9.28. The van der Waals surface area contributed by atoms with Crippen LogP contribution >= 0.6 is 0 Å². The Hall–Kier alpha value is -2.65. The minimum absolute atomic E-state index is 0.0673. The van der Waals surface area contributed by atoms with Gasteiger partial charge in [0.15, 0.2) is 0 Å². The van der Waals surface area contributed by atoms with E-state index in [0.29, 0.717) is 5.75 Å². The first kappa shape index (κ1) is 36.2. The summed E-state index contributed by atoms with van der Waals surface area (Å²) < 4.78 is 19.5. The summed E-state index contributed by atoms with van der Waals surface area (Å²) in [5.74, 6) is 0.829. The summed E-state index contributed by atoms with van der Waals surface area (Å²) >= 11 is 0. The van der Waals surface area contributed by atoms with Crippen LogP contribution in [0.1, 0.15) is 134 Å². The second kappa shape index (κ2) is 11.8. The fourth-order valence-electron chi connectivity index (χ4n) is 7.41. The molecule has 0 atom stereocenters. The van der Waals surface area contributed by atoms with Gasteiger partial charge in [-0.3, -0.25) is 9.80 Å². The number of likely N-dealkylation sites (tertiary alicyclic amines) is 2. The Morgan fingerprint density at radius 2 is 0.913 bits per heavy atom. The molecule has 9 heteroatoms. The summed E-state index contributed by atoms with van der Waals surface area (Å²) in [5.41, 5.74) is 0.695. The molecule has 2 saturated heterocycles. The van der Waals surface area contributed by atoms with Crippen LogP contribution < -0.4 is 14.2 Å². The molecule has 0 aliphatic carbocycles. The van der Waals surface area contributed by atoms with Crippen molar-refractivity contribution in [1.82, 2.24) is 24.8 Å². The second-order valence-corrected chi connectivity index (χ2v) is 18.3. The van der Waals surface area contributed by atoms with E-state index in [1.54, 1.807) is 0 Å². The van der Waals surface area contributed by atoms with Crippen LogP contribution in [0, 0.1) is 0 Å². The number of piperidine rings is 2. The average molecular weight is 640 g/mol. The molecule has 2 aromatic rings. The fourth-order valence-corrected chi connectivity index (χ4v) is 7.41. The molecule has 1 aromatic heterocycles. The molecule has 2 aliphatic heterocycles. The van der Waals surface area contributed by atoms with E-state index >= 15 is 0 Å². The van der Waals surface area contributed by atoms with Crippen molar-refractivity contribution in [3.05, 3.63) is 23.3 Å². The van der Waals surface area contributed by atoms with E-state index in [2.05, 4.69) is 131 Å². The molecule has 9 nitrogen and oxygen atoms in total. The van der Waals surface area contributed by atoms with Crippen molar-refractivity contribution >= 4 is 0 Å².